The molecule has 1 aromatic heterocycles. The van der Waals surface area contributed by atoms with Crippen LogP contribution in [0.5, 0.6) is 11.5 Å². The van der Waals surface area contributed by atoms with Crippen molar-refractivity contribution in [2.75, 3.05) is 19.5 Å². The number of non-ortho nitro benzene ring substituents is 1. The molecule has 0 unspecified atom stereocenters. The van der Waals surface area contributed by atoms with Crippen LogP contribution < -0.4 is 14.8 Å². The third-order valence-electron chi connectivity index (χ3n) is 3.82. The molecule has 0 fully saturated rings. The zero-order valence-electron chi connectivity index (χ0n) is 15.5. The third-order valence-corrected chi connectivity index (χ3v) is 3.82. The highest BCUT2D eigenvalue weighted by molar-refractivity contribution is 6.00. The number of nitrogens with zero attached hydrogens (tertiary/aromatic N) is 3. The van der Waals surface area contributed by atoms with Gasteiger partial charge in [0.15, 0.2) is 0 Å². The monoisotopic (exact) mass is 396 g/mol. The van der Waals surface area contributed by atoms with Crippen LogP contribution in [0.15, 0.2) is 53.0 Å². The maximum atomic E-state index is 12.1. The van der Waals surface area contributed by atoms with E-state index in [4.69, 9.17) is 13.9 Å². The summed E-state index contributed by atoms with van der Waals surface area (Å²) in [7, 11) is 3.04. The van der Waals surface area contributed by atoms with Crippen molar-refractivity contribution in [2.45, 2.75) is 0 Å². The molecule has 29 heavy (non-hydrogen) atoms. The molecule has 10 heteroatoms. The Kier molecular flexibility index (Phi) is 5.83. The summed E-state index contributed by atoms with van der Waals surface area (Å²) in [5.41, 5.74) is 1.11. The first-order valence-corrected chi connectivity index (χ1v) is 8.29. The van der Waals surface area contributed by atoms with E-state index in [9.17, 15) is 14.9 Å². The Morgan fingerprint density at radius 2 is 1.90 bits per heavy atom. The van der Waals surface area contributed by atoms with E-state index in [1.54, 1.807) is 18.2 Å². The molecule has 0 aliphatic heterocycles. The minimum Gasteiger partial charge on any atom is -0.497 e. The number of nitro groups is 1. The Bertz CT molecular complexity index is 1060. The molecule has 0 spiro atoms. The normalized spacial score (nSPS) is 10.7. The first-order valence-electron chi connectivity index (χ1n) is 8.29. The number of rotatable bonds is 7. The highest BCUT2D eigenvalue weighted by Gasteiger charge is 2.15. The Balaban J connectivity index is 1.70. The number of nitro benzene ring substituents is 1. The number of methoxy groups -OCH3 is 2. The van der Waals surface area contributed by atoms with E-state index in [2.05, 4.69) is 15.5 Å². The third kappa shape index (κ3) is 4.75. The van der Waals surface area contributed by atoms with E-state index < -0.39 is 10.8 Å². The summed E-state index contributed by atoms with van der Waals surface area (Å²) in [6.07, 6.45) is 2.75. The molecule has 0 saturated heterocycles. The number of hydrogen-bond acceptors (Lipinski definition) is 8. The fraction of sp³-hybridized carbons (Fsp3) is 0.105. The van der Waals surface area contributed by atoms with Gasteiger partial charge < -0.3 is 13.9 Å². The van der Waals surface area contributed by atoms with Gasteiger partial charge in [-0.25, -0.2) is 0 Å². The van der Waals surface area contributed by atoms with Crippen LogP contribution in [0.3, 0.4) is 0 Å². The molecule has 0 atom stereocenters. The van der Waals surface area contributed by atoms with E-state index >= 15 is 0 Å². The maximum Gasteiger partial charge on any atom is 0.322 e. The molecule has 0 radical (unpaired) electrons. The van der Waals surface area contributed by atoms with Crippen LogP contribution in [0.25, 0.3) is 17.5 Å². The SMILES string of the molecule is COc1ccc(OC)c(-c2nnc(NC(=O)C=Cc3ccc([N+](=O)[O-])cc3)o2)c1. The summed E-state index contributed by atoms with van der Waals surface area (Å²) in [6, 6.07) is 10.8. The standard InChI is InChI=1S/C19H16N4O6/c1-27-14-8-9-16(28-2)15(11-14)18-21-22-19(29-18)20-17(24)10-5-12-3-6-13(7-4-12)23(25)26/h3-11H,1-2H3,(H,20,22,24). The average molecular weight is 396 g/mol. The number of amides is 1. The predicted molar refractivity (Wildman–Crippen MR) is 104 cm³/mol. The first kappa shape index (κ1) is 19.5. The van der Waals surface area contributed by atoms with E-state index in [-0.39, 0.29) is 17.6 Å². The van der Waals surface area contributed by atoms with Gasteiger partial charge in [0, 0.05) is 18.2 Å². The quantitative estimate of drug-likeness (QED) is 0.366. The van der Waals surface area contributed by atoms with Gasteiger partial charge in [0.25, 0.3) is 17.5 Å². The molecule has 3 aromatic rings. The maximum absolute atomic E-state index is 12.1. The van der Waals surface area contributed by atoms with Crippen molar-refractivity contribution in [3.05, 3.63) is 64.2 Å². The molecule has 0 bridgehead atoms. The second-order valence-corrected chi connectivity index (χ2v) is 5.65. The van der Waals surface area contributed by atoms with Crippen LogP contribution >= 0.6 is 0 Å². The van der Waals surface area contributed by atoms with Crippen LogP contribution in [-0.4, -0.2) is 35.2 Å². The number of carbonyl (C=O) groups is 1. The molecule has 1 N–H and O–H groups in total. The second kappa shape index (κ2) is 8.65. The minimum absolute atomic E-state index is 0.0297. The van der Waals surface area contributed by atoms with Crippen LogP contribution in [0.1, 0.15) is 5.56 Å². The van der Waals surface area contributed by atoms with Gasteiger partial charge in [-0.1, -0.05) is 5.10 Å². The smallest absolute Gasteiger partial charge is 0.322 e. The number of ether oxygens (including phenoxy) is 2. The lowest BCUT2D eigenvalue weighted by atomic mass is 10.2. The minimum atomic E-state index is -0.504. The van der Waals surface area contributed by atoms with Gasteiger partial charge in [-0.05, 0) is 42.0 Å². The van der Waals surface area contributed by atoms with Crippen LogP contribution in [0.2, 0.25) is 0 Å². The van der Waals surface area contributed by atoms with Gasteiger partial charge in [-0.3, -0.25) is 20.2 Å². The topological polar surface area (TPSA) is 130 Å². The molecular weight excluding hydrogens is 380 g/mol. The summed E-state index contributed by atoms with van der Waals surface area (Å²) < 4.78 is 15.9. The molecule has 1 heterocycles. The lowest BCUT2D eigenvalue weighted by Gasteiger charge is -2.07. The fourth-order valence-electron chi connectivity index (χ4n) is 2.39. The molecule has 10 nitrogen and oxygen atoms in total. The van der Waals surface area contributed by atoms with Crippen molar-refractivity contribution >= 4 is 23.7 Å². The number of carbonyl (C=O) groups excluding carboxylic acids is 1. The number of aromatic nitrogens is 2. The van der Waals surface area contributed by atoms with Crippen LogP contribution in [0, 0.1) is 10.1 Å². The zero-order chi connectivity index (χ0) is 20.8. The van der Waals surface area contributed by atoms with E-state index in [0.29, 0.717) is 22.6 Å². The van der Waals surface area contributed by atoms with Crippen molar-refractivity contribution in [1.82, 2.24) is 10.2 Å². The molecule has 3 rings (SSSR count). The predicted octanol–water partition coefficient (Wildman–Crippen LogP) is 3.31. The molecule has 0 aliphatic rings. The average Bonchev–Trinajstić information content (AvgIpc) is 3.20. The number of nitrogens with one attached hydrogen (secondary N) is 1. The van der Waals surface area contributed by atoms with Gasteiger partial charge >= 0.3 is 6.01 Å². The number of hydrogen-bond donors (Lipinski definition) is 1. The summed E-state index contributed by atoms with van der Waals surface area (Å²) in [6.45, 7) is 0. The Morgan fingerprint density at radius 3 is 2.55 bits per heavy atom. The zero-order valence-corrected chi connectivity index (χ0v) is 15.5. The largest absolute Gasteiger partial charge is 0.497 e. The van der Waals surface area contributed by atoms with Crippen LogP contribution in [-0.2, 0) is 4.79 Å². The van der Waals surface area contributed by atoms with Gasteiger partial charge in [0.2, 0.25) is 0 Å². The summed E-state index contributed by atoms with van der Waals surface area (Å²) in [5, 5.41) is 20.8. The molecule has 0 aliphatic carbocycles. The lowest BCUT2D eigenvalue weighted by molar-refractivity contribution is -0.384. The molecule has 2 aromatic carbocycles. The van der Waals surface area contributed by atoms with E-state index in [1.807, 2.05) is 0 Å². The van der Waals surface area contributed by atoms with E-state index in [1.165, 1.54) is 50.6 Å². The van der Waals surface area contributed by atoms with Crippen LogP contribution in [0.4, 0.5) is 11.7 Å². The Hall–Kier alpha value is -4.21. The second-order valence-electron chi connectivity index (χ2n) is 5.65. The van der Waals surface area contributed by atoms with Crippen molar-refractivity contribution in [1.29, 1.82) is 0 Å². The summed E-state index contributed by atoms with van der Waals surface area (Å²) in [4.78, 5) is 22.2. The van der Waals surface area contributed by atoms with Gasteiger partial charge in [-0.2, -0.15) is 0 Å². The number of anilines is 1. The lowest BCUT2D eigenvalue weighted by Crippen LogP contribution is -2.07. The van der Waals surface area contributed by atoms with E-state index in [0.717, 1.165) is 0 Å². The highest BCUT2D eigenvalue weighted by Crippen LogP contribution is 2.33. The fourth-order valence-corrected chi connectivity index (χ4v) is 2.39. The van der Waals surface area contributed by atoms with Crippen molar-refractivity contribution in [3.8, 4) is 23.0 Å². The Morgan fingerprint density at radius 1 is 1.14 bits per heavy atom. The summed E-state index contributed by atoms with van der Waals surface area (Å²) >= 11 is 0. The molecular formula is C19H16N4O6. The van der Waals surface area contributed by atoms with Gasteiger partial charge in [0.1, 0.15) is 11.5 Å². The van der Waals surface area contributed by atoms with Gasteiger partial charge in [0.05, 0.1) is 24.7 Å². The van der Waals surface area contributed by atoms with Crippen molar-refractivity contribution < 1.29 is 23.6 Å². The summed E-state index contributed by atoms with van der Waals surface area (Å²) in [5.74, 6) is 0.729. The molecule has 148 valence electrons. The highest BCUT2D eigenvalue weighted by atomic mass is 16.6. The first-order chi connectivity index (χ1) is 14.0. The molecule has 0 saturated carbocycles. The van der Waals surface area contributed by atoms with Crippen molar-refractivity contribution in [2.24, 2.45) is 0 Å². The molecule has 1 amide bonds. The van der Waals surface area contributed by atoms with Gasteiger partial charge in [-0.15, -0.1) is 5.10 Å². The van der Waals surface area contributed by atoms with Crippen molar-refractivity contribution in [3.63, 3.8) is 0 Å². The Labute approximate surface area is 164 Å². The number of benzene rings is 2.